The van der Waals surface area contributed by atoms with Crippen molar-refractivity contribution in [3.05, 3.63) is 21.8 Å². The van der Waals surface area contributed by atoms with Crippen LogP contribution in [0, 0.1) is 0 Å². The van der Waals surface area contributed by atoms with Crippen molar-refractivity contribution in [3.8, 4) is 0 Å². The zero-order valence-corrected chi connectivity index (χ0v) is 9.43. The zero-order valence-electron chi connectivity index (χ0n) is 6.90. The van der Waals surface area contributed by atoms with Crippen LogP contribution < -0.4 is 5.56 Å². The third kappa shape index (κ3) is 1.11. The Balaban J connectivity index is 2.79. The number of thiophene rings is 1. The predicted octanol–water partition coefficient (Wildman–Crippen LogP) is 1.70. The normalized spacial score (nSPS) is 11.6. The molecule has 64 valence electrons. The van der Waals surface area contributed by atoms with E-state index in [1.54, 1.807) is 11.3 Å². The number of nitrogens with zero attached hydrogens (tertiary/aromatic N) is 1. The van der Waals surface area contributed by atoms with Crippen molar-refractivity contribution in [1.29, 1.82) is 0 Å². The van der Waals surface area contributed by atoms with Gasteiger partial charge in [-0.3, -0.25) is 0 Å². The first-order valence-corrected chi connectivity index (χ1v) is 6.29. The van der Waals surface area contributed by atoms with E-state index in [1.807, 2.05) is 8.94 Å². The summed E-state index contributed by atoms with van der Waals surface area (Å²) < 4.78 is 4.18. The first kappa shape index (κ1) is 8.30. The van der Waals surface area contributed by atoms with Crippen molar-refractivity contribution in [1.82, 2.24) is 3.56 Å². The van der Waals surface area contributed by atoms with Gasteiger partial charge in [-0.2, -0.15) is 0 Å². The molecule has 0 aliphatic heterocycles. The Morgan fingerprint density at radius 3 is 2.92 bits per heavy atom. The predicted molar refractivity (Wildman–Crippen MR) is 53.4 cm³/mol. The molecule has 2 heterocycles. The average molecular weight is 246 g/mol. The quantitative estimate of drug-likeness (QED) is 0.702. The summed E-state index contributed by atoms with van der Waals surface area (Å²) in [6.45, 7) is 4.13. The van der Waals surface area contributed by atoms with Crippen LogP contribution in [0.3, 0.4) is 0 Å². The summed E-state index contributed by atoms with van der Waals surface area (Å²) in [5.74, 6) is 0. The second kappa shape index (κ2) is 2.87. The van der Waals surface area contributed by atoms with Crippen molar-refractivity contribution in [2.75, 3.05) is 0 Å². The molecule has 0 unspecified atom stereocenters. The van der Waals surface area contributed by atoms with Gasteiger partial charge in [-0.05, 0) is 0 Å². The molecule has 0 spiro atoms. The van der Waals surface area contributed by atoms with Crippen LogP contribution in [0.2, 0.25) is 0 Å². The Labute approximate surface area is 80.4 Å². The van der Waals surface area contributed by atoms with Gasteiger partial charge in [0.05, 0.1) is 0 Å². The van der Waals surface area contributed by atoms with Crippen LogP contribution >= 0.6 is 11.3 Å². The zero-order chi connectivity index (χ0) is 8.72. The maximum atomic E-state index is 11.7. The molecule has 0 aliphatic rings. The van der Waals surface area contributed by atoms with Crippen LogP contribution in [0.4, 0.5) is 0 Å². The molecule has 0 aromatic carbocycles. The molecule has 2 rings (SSSR count). The minimum atomic E-state index is 0.231. The summed E-state index contributed by atoms with van der Waals surface area (Å²) in [7, 11) is 0. The van der Waals surface area contributed by atoms with Crippen molar-refractivity contribution in [2.45, 2.75) is 19.9 Å². The fraction of sp³-hybridized carbons (Fsp3) is 0.375. The number of aromatic nitrogens is 1. The van der Waals surface area contributed by atoms with Crippen LogP contribution in [0.1, 0.15) is 19.9 Å². The van der Waals surface area contributed by atoms with Gasteiger partial charge in [0.2, 0.25) is 0 Å². The monoisotopic (exact) mass is 247 g/mol. The van der Waals surface area contributed by atoms with Crippen LogP contribution in [0.25, 0.3) is 8.96 Å². The Kier molecular flexibility index (Phi) is 1.99. The number of hydrogen-bond acceptors (Lipinski definition) is 2. The van der Waals surface area contributed by atoms with Crippen molar-refractivity contribution in [2.24, 2.45) is 0 Å². The first-order chi connectivity index (χ1) is 5.70. The Bertz CT molecular complexity index is 451. The number of rotatable bonds is 1. The van der Waals surface area contributed by atoms with Crippen LogP contribution in [0.15, 0.2) is 16.2 Å². The molecular weight excluding hydrogens is 237 g/mol. The molecule has 0 aliphatic carbocycles. The van der Waals surface area contributed by atoms with Gasteiger partial charge in [-0.15, -0.1) is 0 Å². The molecule has 2 aromatic rings. The van der Waals surface area contributed by atoms with Gasteiger partial charge < -0.3 is 0 Å². The molecule has 0 fully saturated rings. The third-order valence-corrected chi connectivity index (χ3v) is 5.65. The maximum absolute atomic E-state index is 11.7. The molecule has 0 atom stereocenters. The minimum absolute atomic E-state index is 0.231. The van der Waals surface area contributed by atoms with E-state index in [1.165, 1.54) is 4.26 Å². The van der Waals surface area contributed by atoms with Crippen LogP contribution in [-0.2, 0) is 0 Å². The Hall–Kier alpha value is -0.311. The molecule has 0 saturated heterocycles. The van der Waals surface area contributed by atoms with Crippen molar-refractivity contribution >= 4 is 35.0 Å². The number of hydrogen-bond donors (Lipinski definition) is 0. The molecule has 0 radical (unpaired) electrons. The molecule has 12 heavy (non-hydrogen) atoms. The van der Waals surface area contributed by atoms with E-state index in [9.17, 15) is 4.79 Å². The van der Waals surface area contributed by atoms with Gasteiger partial charge in [0, 0.05) is 0 Å². The topological polar surface area (TPSA) is 22.0 Å². The summed E-state index contributed by atoms with van der Waals surface area (Å²) in [6, 6.07) is 2.41. The molecular formula is C8H9NOSSe. The Morgan fingerprint density at radius 1 is 1.58 bits per heavy atom. The molecule has 0 amide bonds. The van der Waals surface area contributed by atoms with Crippen LogP contribution in [-0.4, -0.2) is 18.3 Å². The fourth-order valence-electron chi connectivity index (χ4n) is 1.11. The van der Waals surface area contributed by atoms with Gasteiger partial charge in [0.15, 0.2) is 0 Å². The average Bonchev–Trinajstić information content (AvgIpc) is 2.53. The molecule has 0 saturated carbocycles. The Morgan fingerprint density at radius 2 is 2.33 bits per heavy atom. The number of fused-ring (bicyclic) bond motifs is 1. The van der Waals surface area contributed by atoms with Gasteiger partial charge >= 0.3 is 80.3 Å². The summed E-state index contributed by atoms with van der Waals surface area (Å²) in [5.41, 5.74) is 0.231. The van der Waals surface area contributed by atoms with Gasteiger partial charge in [0.1, 0.15) is 0 Å². The van der Waals surface area contributed by atoms with Crippen molar-refractivity contribution < 1.29 is 0 Å². The van der Waals surface area contributed by atoms with E-state index in [-0.39, 0.29) is 20.3 Å². The summed E-state index contributed by atoms with van der Waals surface area (Å²) in [6.07, 6.45) is 0. The van der Waals surface area contributed by atoms with E-state index in [0.29, 0.717) is 6.04 Å². The van der Waals surface area contributed by atoms with E-state index in [4.69, 9.17) is 0 Å². The van der Waals surface area contributed by atoms with E-state index in [0.717, 1.165) is 4.70 Å². The first-order valence-electron chi connectivity index (χ1n) is 3.79. The molecule has 0 N–H and O–H groups in total. The van der Waals surface area contributed by atoms with E-state index >= 15 is 0 Å². The second-order valence-corrected chi connectivity index (χ2v) is 5.98. The second-order valence-electron chi connectivity index (χ2n) is 2.93. The standard InChI is InChI=1S/C8H9NOSSe/c1-5(2)9-8(10)7-6(12-9)3-4-11-7/h3-5H,1-2H3. The van der Waals surface area contributed by atoms with Crippen LogP contribution in [0.5, 0.6) is 0 Å². The third-order valence-electron chi connectivity index (χ3n) is 1.69. The van der Waals surface area contributed by atoms with Gasteiger partial charge in [-0.25, -0.2) is 0 Å². The summed E-state index contributed by atoms with van der Waals surface area (Å²) in [5, 5.41) is 2.00. The van der Waals surface area contributed by atoms with Gasteiger partial charge in [0.25, 0.3) is 0 Å². The molecule has 2 nitrogen and oxygen atoms in total. The SMILES string of the molecule is CC(C)n1[se]c2ccsc2c1=O. The van der Waals surface area contributed by atoms with Gasteiger partial charge in [-0.1, -0.05) is 0 Å². The summed E-state index contributed by atoms with van der Waals surface area (Å²) >= 11 is 1.80. The van der Waals surface area contributed by atoms with Crippen molar-refractivity contribution in [3.63, 3.8) is 0 Å². The fourth-order valence-corrected chi connectivity index (χ4v) is 4.54. The summed E-state index contributed by atoms with van der Waals surface area (Å²) in [4.78, 5) is 11.7. The van der Waals surface area contributed by atoms with E-state index in [2.05, 4.69) is 19.9 Å². The van der Waals surface area contributed by atoms with E-state index < -0.39 is 0 Å². The molecule has 2 aromatic heterocycles. The molecule has 4 heteroatoms. The molecule has 0 bridgehead atoms.